The van der Waals surface area contributed by atoms with Crippen molar-refractivity contribution in [3.05, 3.63) is 0 Å². The lowest BCUT2D eigenvalue weighted by Crippen LogP contribution is -2.30. The van der Waals surface area contributed by atoms with Crippen LogP contribution in [-0.2, 0) is 9.47 Å². The molecule has 102 valence electrons. The zero-order chi connectivity index (χ0) is 12.7. The summed E-state index contributed by atoms with van der Waals surface area (Å²) < 4.78 is 10.3. The second-order valence-corrected chi connectivity index (χ2v) is 5.64. The summed E-state index contributed by atoms with van der Waals surface area (Å²) in [6, 6.07) is 0. The minimum atomic E-state index is -0.192. The first-order chi connectivity index (χ1) is 8.13. The van der Waals surface area contributed by atoms with Crippen molar-refractivity contribution >= 4 is 0 Å². The van der Waals surface area contributed by atoms with E-state index in [0.717, 1.165) is 18.3 Å². The third-order valence-corrected chi connectivity index (χ3v) is 3.75. The van der Waals surface area contributed by atoms with Crippen molar-refractivity contribution in [1.29, 1.82) is 0 Å². The maximum Gasteiger partial charge on any atom is 0.0700 e. The molecule has 17 heavy (non-hydrogen) atoms. The molecule has 0 spiro atoms. The van der Waals surface area contributed by atoms with Crippen LogP contribution in [0.3, 0.4) is 0 Å². The third-order valence-electron chi connectivity index (χ3n) is 3.75. The second-order valence-electron chi connectivity index (χ2n) is 5.64. The van der Waals surface area contributed by atoms with Crippen LogP contribution >= 0.6 is 0 Å². The van der Waals surface area contributed by atoms with Crippen molar-refractivity contribution in [3.63, 3.8) is 0 Å². The summed E-state index contributed by atoms with van der Waals surface area (Å²) in [4.78, 5) is 0. The van der Waals surface area contributed by atoms with Crippen molar-refractivity contribution in [2.24, 2.45) is 17.8 Å². The maximum absolute atomic E-state index is 10.2. The highest BCUT2D eigenvalue weighted by molar-refractivity contribution is 4.79. The highest BCUT2D eigenvalue weighted by Gasteiger charge is 2.28. The molecule has 0 aliphatic heterocycles. The molecule has 1 N–H and O–H groups in total. The molecule has 1 aliphatic carbocycles. The SMILES string of the molecule is COCCOCCC(O)C1CC(C)CC(C)C1. The highest BCUT2D eigenvalue weighted by Crippen LogP contribution is 2.35. The van der Waals surface area contributed by atoms with E-state index in [4.69, 9.17) is 9.47 Å². The smallest absolute Gasteiger partial charge is 0.0700 e. The Labute approximate surface area is 105 Å². The molecule has 3 atom stereocenters. The summed E-state index contributed by atoms with van der Waals surface area (Å²) in [7, 11) is 1.67. The predicted molar refractivity (Wildman–Crippen MR) is 69.0 cm³/mol. The molecule has 0 radical (unpaired) electrons. The summed E-state index contributed by atoms with van der Waals surface area (Å²) in [5.74, 6) is 1.99. The Morgan fingerprint density at radius 2 is 1.71 bits per heavy atom. The standard InChI is InChI=1S/C14H28O3/c1-11-8-12(2)10-13(9-11)14(15)4-5-17-7-6-16-3/h11-15H,4-10H2,1-3H3. The van der Waals surface area contributed by atoms with Gasteiger partial charge in [0.05, 0.1) is 19.3 Å². The van der Waals surface area contributed by atoms with E-state index in [1.54, 1.807) is 7.11 Å². The van der Waals surface area contributed by atoms with Gasteiger partial charge in [-0.05, 0) is 43.4 Å². The molecule has 1 fully saturated rings. The minimum Gasteiger partial charge on any atom is -0.393 e. The zero-order valence-corrected chi connectivity index (χ0v) is 11.5. The van der Waals surface area contributed by atoms with Gasteiger partial charge in [0.15, 0.2) is 0 Å². The Bertz CT molecular complexity index is 186. The van der Waals surface area contributed by atoms with Gasteiger partial charge in [-0.25, -0.2) is 0 Å². The molecule has 3 nitrogen and oxygen atoms in total. The number of rotatable bonds is 7. The summed E-state index contributed by atoms with van der Waals surface area (Å²) in [6.45, 7) is 6.49. The molecule has 0 amide bonds. The van der Waals surface area contributed by atoms with E-state index >= 15 is 0 Å². The Morgan fingerprint density at radius 1 is 1.06 bits per heavy atom. The van der Waals surface area contributed by atoms with Gasteiger partial charge < -0.3 is 14.6 Å². The van der Waals surface area contributed by atoms with Crippen molar-refractivity contribution in [2.45, 2.75) is 45.6 Å². The number of methoxy groups -OCH3 is 1. The Morgan fingerprint density at radius 3 is 2.29 bits per heavy atom. The fourth-order valence-corrected chi connectivity index (χ4v) is 3.01. The second kappa shape index (κ2) is 8.06. The fourth-order valence-electron chi connectivity index (χ4n) is 3.01. The lowest BCUT2D eigenvalue weighted by atomic mass is 9.74. The van der Waals surface area contributed by atoms with Gasteiger partial charge in [-0.3, -0.25) is 0 Å². The molecule has 0 aromatic heterocycles. The van der Waals surface area contributed by atoms with Crippen LogP contribution in [0.1, 0.15) is 39.5 Å². The molecule has 0 heterocycles. The lowest BCUT2D eigenvalue weighted by molar-refractivity contribution is 0.0120. The van der Waals surface area contributed by atoms with Crippen LogP contribution in [-0.4, -0.2) is 38.1 Å². The van der Waals surface area contributed by atoms with Crippen LogP contribution in [0.25, 0.3) is 0 Å². The van der Waals surface area contributed by atoms with Gasteiger partial charge in [-0.1, -0.05) is 13.8 Å². The van der Waals surface area contributed by atoms with Crippen molar-refractivity contribution in [1.82, 2.24) is 0 Å². The summed E-state index contributed by atoms with van der Waals surface area (Å²) in [5.41, 5.74) is 0. The summed E-state index contributed by atoms with van der Waals surface area (Å²) >= 11 is 0. The largest absolute Gasteiger partial charge is 0.393 e. The average molecular weight is 244 g/mol. The van der Waals surface area contributed by atoms with Gasteiger partial charge in [-0.2, -0.15) is 0 Å². The zero-order valence-electron chi connectivity index (χ0n) is 11.5. The normalized spacial score (nSPS) is 31.4. The fraction of sp³-hybridized carbons (Fsp3) is 1.00. The molecule has 1 rings (SSSR count). The van der Waals surface area contributed by atoms with Gasteiger partial charge in [0.2, 0.25) is 0 Å². The van der Waals surface area contributed by atoms with E-state index in [9.17, 15) is 5.11 Å². The monoisotopic (exact) mass is 244 g/mol. The minimum absolute atomic E-state index is 0.192. The molecule has 0 bridgehead atoms. The Balaban J connectivity index is 2.15. The number of hydrogen-bond acceptors (Lipinski definition) is 3. The lowest BCUT2D eigenvalue weighted by Gasteiger charge is -2.34. The van der Waals surface area contributed by atoms with Gasteiger partial charge in [0.1, 0.15) is 0 Å². The number of hydrogen-bond donors (Lipinski definition) is 1. The number of ether oxygens (including phenoxy) is 2. The number of aliphatic hydroxyl groups is 1. The third kappa shape index (κ3) is 5.84. The van der Waals surface area contributed by atoms with Gasteiger partial charge in [0.25, 0.3) is 0 Å². The topological polar surface area (TPSA) is 38.7 Å². The molecule has 1 aliphatic rings. The average Bonchev–Trinajstić information content (AvgIpc) is 2.27. The highest BCUT2D eigenvalue weighted by atomic mass is 16.5. The van der Waals surface area contributed by atoms with E-state index in [1.165, 1.54) is 19.3 Å². The van der Waals surface area contributed by atoms with Crippen LogP contribution in [0.5, 0.6) is 0 Å². The van der Waals surface area contributed by atoms with Gasteiger partial charge >= 0.3 is 0 Å². The Hall–Kier alpha value is -0.120. The molecule has 0 saturated heterocycles. The van der Waals surface area contributed by atoms with E-state index in [1.807, 2.05) is 0 Å². The number of aliphatic hydroxyl groups excluding tert-OH is 1. The van der Waals surface area contributed by atoms with Crippen molar-refractivity contribution in [2.75, 3.05) is 26.9 Å². The first-order valence-electron chi connectivity index (χ1n) is 6.88. The molecule has 3 unspecified atom stereocenters. The quantitative estimate of drug-likeness (QED) is 0.699. The van der Waals surface area contributed by atoms with Crippen molar-refractivity contribution in [3.8, 4) is 0 Å². The maximum atomic E-state index is 10.2. The van der Waals surface area contributed by atoms with Gasteiger partial charge in [0, 0.05) is 13.7 Å². The summed E-state index contributed by atoms with van der Waals surface area (Å²) in [5, 5.41) is 10.2. The van der Waals surface area contributed by atoms with Crippen LogP contribution in [0.4, 0.5) is 0 Å². The van der Waals surface area contributed by atoms with E-state index < -0.39 is 0 Å². The van der Waals surface area contributed by atoms with Crippen LogP contribution in [0, 0.1) is 17.8 Å². The van der Waals surface area contributed by atoms with E-state index in [-0.39, 0.29) is 6.10 Å². The molecule has 3 heteroatoms. The Kier molecular flexibility index (Phi) is 7.09. The molecular weight excluding hydrogens is 216 g/mol. The van der Waals surface area contributed by atoms with E-state index in [0.29, 0.717) is 25.7 Å². The molecule has 0 aromatic carbocycles. The van der Waals surface area contributed by atoms with Crippen molar-refractivity contribution < 1.29 is 14.6 Å². The summed E-state index contributed by atoms with van der Waals surface area (Å²) in [6.07, 6.45) is 4.22. The molecular formula is C14H28O3. The molecule has 1 saturated carbocycles. The predicted octanol–water partition coefficient (Wildman–Crippen LogP) is 2.47. The van der Waals surface area contributed by atoms with Crippen LogP contribution < -0.4 is 0 Å². The van der Waals surface area contributed by atoms with E-state index in [2.05, 4.69) is 13.8 Å². The first kappa shape index (κ1) is 14.9. The van der Waals surface area contributed by atoms with Gasteiger partial charge in [-0.15, -0.1) is 0 Å². The van der Waals surface area contributed by atoms with Crippen LogP contribution in [0.15, 0.2) is 0 Å². The first-order valence-corrected chi connectivity index (χ1v) is 6.88. The molecule has 0 aromatic rings. The van der Waals surface area contributed by atoms with Crippen LogP contribution in [0.2, 0.25) is 0 Å².